The quantitative estimate of drug-likeness (QED) is 0.759. The summed E-state index contributed by atoms with van der Waals surface area (Å²) < 4.78 is 6.50. The zero-order valence-corrected chi connectivity index (χ0v) is 12.3. The summed E-state index contributed by atoms with van der Waals surface area (Å²) in [6.45, 7) is 2.53. The van der Waals surface area contributed by atoms with E-state index in [9.17, 15) is 4.79 Å². The number of halogens is 1. The van der Waals surface area contributed by atoms with Crippen LogP contribution in [0.5, 0.6) is 5.75 Å². The normalized spacial score (nSPS) is 16.6. The van der Waals surface area contributed by atoms with E-state index in [-0.39, 0.29) is 11.7 Å². The van der Waals surface area contributed by atoms with Crippen LogP contribution in [0, 0.1) is 5.92 Å². The molecular formula is C15H19BrO2. The van der Waals surface area contributed by atoms with Gasteiger partial charge in [-0.3, -0.25) is 4.79 Å². The molecule has 2 nitrogen and oxygen atoms in total. The first kappa shape index (κ1) is 13.6. The number of carbonyl (C=O) groups excluding carboxylic acids is 1. The maximum atomic E-state index is 12.5. The van der Waals surface area contributed by atoms with Crippen molar-refractivity contribution in [1.29, 1.82) is 0 Å². The topological polar surface area (TPSA) is 26.3 Å². The summed E-state index contributed by atoms with van der Waals surface area (Å²) in [6, 6.07) is 5.69. The minimum Gasteiger partial charge on any atom is -0.493 e. The Labute approximate surface area is 117 Å². The third kappa shape index (κ3) is 3.14. The maximum Gasteiger partial charge on any atom is 0.169 e. The van der Waals surface area contributed by atoms with Gasteiger partial charge in [0.15, 0.2) is 5.78 Å². The van der Waals surface area contributed by atoms with Crippen LogP contribution in [-0.4, -0.2) is 12.4 Å². The van der Waals surface area contributed by atoms with Crippen LogP contribution in [0.15, 0.2) is 22.7 Å². The molecule has 1 aliphatic rings. The van der Waals surface area contributed by atoms with E-state index in [1.807, 2.05) is 25.1 Å². The Hall–Kier alpha value is -0.830. The van der Waals surface area contributed by atoms with Crippen LogP contribution < -0.4 is 4.74 Å². The Morgan fingerprint density at radius 2 is 2.06 bits per heavy atom. The lowest BCUT2D eigenvalue weighted by Crippen LogP contribution is -2.18. The maximum absolute atomic E-state index is 12.5. The highest BCUT2D eigenvalue weighted by molar-refractivity contribution is 9.10. The minimum absolute atomic E-state index is 0.187. The molecule has 0 aromatic heterocycles. The number of benzene rings is 1. The second-order valence-electron chi connectivity index (χ2n) is 4.77. The molecule has 0 heterocycles. The molecule has 1 fully saturated rings. The van der Waals surface area contributed by atoms with Gasteiger partial charge in [-0.25, -0.2) is 0 Å². The van der Waals surface area contributed by atoms with Crippen molar-refractivity contribution in [3.63, 3.8) is 0 Å². The Morgan fingerprint density at radius 1 is 1.33 bits per heavy atom. The molecule has 0 saturated heterocycles. The van der Waals surface area contributed by atoms with Crippen molar-refractivity contribution in [3.8, 4) is 5.75 Å². The number of ketones is 1. The second-order valence-corrected chi connectivity index (χ2v) is 5.69. The summed E-state index contributed by atoms with van der Waals surface area (Å²) in [7, 11) is 0. The van der Waals surface area contributed by atoms with E-state index in [4.69, 9.17) is 4.74 Å². The van der Waals surface area contributed by atoms with Gasteiger partial charge in [0, 0.05) is 10.4 Å². The fourth-order valence-corrected chi connectivity index (χ4v) is 2.92. The minimum atomic E-state index is 0.187. The first-order valence-electron chi connectivity index (χ1n) is 6.69. The van der Waals surface area contributed by atoms with Gasteiger partial charge in [0.2, 0.25) is 0 Å². The number of Topliss-reactive ketones (excluding diaryl/α,β-unsaturated/α-hetero) is 1. The highest BCUT2D eigenvalue weighted by Crippen LogP contribution is 2.31. The number of rotatable bonds is 4. The van der Waals surface area contributed by atoms with Crippen LogP contribution in [0.25, 0.3) is 0 Å². The van der Waals surface area contributed by atoms with Gasteiger partial charge in [-0.2, -0.15) is 0 Å². The van der Waals surface area contributed by atoms with Crippen molar-refractivity contribution >= 4 is 21.7 Å². The van der Waals surface area contributed by atoms with Gasteiger partial charge in [0.25, 0.3) is 0 Å². The highest BCUT2D eigenvalue weighted by Gasteiger charge is 2.24. The second kappa shape index (κ2) is 6.37. The van der Waals surface area contributed by atoms with Crippen molar-refractivity contribution in [2.24, 2.45) is 5.92 Å². The highest BCUT2D eigenvalue weighted by atomic mass is 79.9. The Kier molecular flexibility index (Phi) is 4.81. The molecule has 0 bridgehead atoms. The summed E-state index contributed by atoms with van der Waals surface area (Å²) in [5, 5.41) is 0. The molecule has 3 heteroatoms. The fraction of sp³-hybridized carbons (Fsp3) is 0.533. The molecule has 0 radical (unpaired) electrons. The van der Waals surface area contributed by atoms with Crippen molar-refractivity contribution in [2.75, 3.05) is 6.61 Å². The molecule has 2 rings (SSSR count). The van der Waals surface area contributed by atoms with Crippen LogP contribution in [0.4, 0.5) is 0 Å². The van der Waals surface area contributed by atoms with E-state index in [1.165, 1.54) is 19.3 Å². The smallest absolute Gasteiger partial charge is 0.169 e. The molecule has 0 atom stereocenters. The standard InChI is InChI=1S/C15H19BrO2/c1-2-18-14-9-8-12(16)10-13(14)15(17)11-6-4-3-5-7-11/h8-11H,2-7H2,1H3. The first-order valence-corrected chi connectivity index (χ1v) is 7.48. The van der Waals surface area contributed by atoms with Crippen molar-refractivity contribution in [3.05, 3.63) is 28.2 Å². The molecule has 18 heavy (non-hydrogen) atoms. The summed E-state index contributed by atoms with van der Waals surface area (Å²) in [6.07, 6.45) is 5.66. The number of carbonyl (C=O) groups is 1. The predicted octanol–water partition coefficient (Wildman–Crippen LogP) is 4.61. The van der Waals surface area contributed by atoms with Crippen LogP contribution in [-0.2, 0) is 0 Å². The molecule has 0 amide bonds. The van der Waals surface area contributed by atoms with Gasteiger partial charge in [-0.05, 0) is 38.0 Å². The molecule has 0 spiro atoms. The largest absolute Gasteiger partial charge is 0.493 e. The third-order valence-corrected chi connectivity index (χ3v) is 3.98. The van der Waals surface area contributed by atoms with E-state index in [0.717, 1.165) is 28.6 Å². The zero-order chi connectivity index (χ0) is 13.0. The zero-order valence-electron chi connectivity index (χ0n) is 10.7. The average Bonchev–Trinajstić information content (AvgIpc) is 2.41. The lowest BCUT2D eigenvalue weighted by molar-refractivity contribution is 0.0885. The summed E-state index contributed by atoms with van der Waals surface area (Å²) in [5.74, 6) is 1.16. The average molecular weight is 311 g/mol. The van der Waals surface area contributed by atoms with E-state index in [0.29, 0.717) is 6.61 Å². The third-order valence-electron chi connectivity index (χ3n) is 3.48. The van der Waals surface area contributed by atoms with Gasteiger partial charge in [-0.1, -0.05) is 35.2 Å². The Balaban J connectivity index is 2.24. The van der Waals surface area contributed by atoms with Crippen molar-refractivity contribution < 1.29 is 9.53 Å². The molecule has 1 aliphatic carbocycles. The number of hydrogen-bond acceptors (Lipinski definition) is 2. The first-order chi connectivity index (χ1) is 8.72. The van der Waals surface area contributed by atoms with Crippen LogP contribution in [0.3, 0.4) is 0 Å². The molecule has 1 saturated carbocycles. The van der Waals surface area contributed by atoms with Gasteiger partial charge in [0.05, 0.1) is 12.2 Å². The lowest BCUT2D eigenvalue weighted by Gasteiger charge is -2.21. The molecule has 1 aromatic carbocycles. The molecule has 0 N–H and O–H groups in total. The van der Waals surface area contributed by atoms with Gasteiger partial charge in [-0.15, -0.1) is 0 Å². The van der Waals surface area contributed by atoms with E-state index < -0.39 is 0 Å². The number of hydrogen-bond donors (Lipinski definition) is 0. The lowest BCUT2D eigenvalue weighted by atomic mass is 9.83. The van der Waals surface area contributed by atoms with Crippen LogP contribution in [0.1, 0.15) is 49.4 Å². The van der Waals surface area contributed by atoms with E-state index >= 15 is 0 Å². The van der Waals surface area contributed by atoms with E-state index in [1.54, 1.807) is 0 Å². The Morgan fingerprint density at radius 3 is 2.72 bits per heavy atom. The molecule has 98 valence electrons. The fourth-order valence-electron chi connectivity index (χ4n) is 2.56. The van der Waals surface area contributed by atoms with Crippen LogP contribution >= 0.6 is 15.9 Å². The molecule has 0 unspecified atom stereocenters. The van der Waals surface area contributed by atoms with Gasteiger partial charge in [0.1, 0.15) is 5.75 Å². The van der Waals surface area contributed by atoms with Crippen LogP contribution in [0.2, 0.25) is 0 Å². The van der Waals surface area contributed by atoms with Gasteiger partial charge >= 0.3 is 0 Å². The van der Waals surface area contributed by atoms with Gasteiger partial charge < -0.3 is 4.74 Å². The summed E-state index contributed by atoms with van der Waals surface area (Å²) in [5.41, 5.74) is 0.734. The number of ether oxygens (including phenoxy) is 1. The van der Waals surface area contributed by atoms with E-state index in [2.05, 4.69) is 15.9 Å². The Bertz CT molecular complexity index is 423. The van der Waals surface area contributed by atoms with Crippen molar-refractivity contribution in [2.45, 2.75) is 39.0 Å². The summed E-state index contributed by atoms with van der Waals surface area (Å²) >= 11 is 3.43. The molecule has 1 aromatic rings. The molecule has 0 aliphatic heterocycles. The molecular weight excluding hydrogens is 292 g/mol. The predicted molar refractivity (Wildman–Crippen MR) is 76.2 cm³/mol. The summed E-state index contributed by atoms with van der Waals surface area (Å²) in [4.78, 5) is 12.5. The monoisotopic (exact) mass is 310 g/mol. The SMILES string of the molecule is CCOc1ccc(Br)cc1C(=O)C1CCCCC1. The van der Waals surface area contributed by atoms with Crippen molar-refractivity contribution in [1.82, 2.24) is 0 Å².